The molecule has 0 radical (unpaired) electrons. The van der Waals surface area contributed by atoms with E-state index in [9.17, 15) is 8.60 Å². The Labute approximate surface area is 101 Å². The van der Waals surface area contributed by atoms with Gasteiger partial charge in [-0.2, -0.15) is 8.79 Å². The van der Waals surface area contributed by atoms with Gasteiger partial charge in [-0.25, -0.2) is 9.19 Å². The van der Waals surface area contributed by atoms with Gasteiger partial charge in [0.15, 0.2) is 0 Å². The number of hydrogen-bond acceptors (Lipinski definition) is 2. The zero-order valence-corrected chi connectivity index (χ0v) is 10.8. The molecular formula is C10H12ClFN2OS. The highest BCUT2D eigenvalue weighted by Gasteiger charge is 2.18. The molecule has 16 heavy (non-hydrogen) atoms. The van der Waals surface area contributed by atoms with Crippen molar-refractivity contribution in [2.24, 2.45) is 4.40 Å². The van der Waals surface area contributed by atoms with Gasteiger partial charge in [-0.3, -0.25) is 0 Å². The van der Waals surface area contributed by atoms with Crippen molar-refractivity contribution in [2.45, 2.75) is 25.5 Å². The fourth-order valence-electron chi connectivity index (χ4n) is 0.782. The average molecular weight is 263 g/mol. The summed E-state index contributed by atoms with van der Waals surface area (Å²) < 4.78 is 27.6. The van der Waals surface area contributed by atoms with Gasteiger partial charge in [0.25, 0.3) is 0 Å². The molecule has 0 amide bonds. The molecular weight excluding hydrogens is 251 g/mol. The zero-order chi connectivity index (χ0) is 12.3. The van der Waals surface area contributed by atoms with Crippen molar-refractivity contribution in [1.82, 2.24) is 4.98 Å². The summed E-state index contributed by atoms with van der Waals surface area (Å²) in [6.07, 6.45) is 1.34. The Balaban J connectivity index is 2.89. The first-order chi connectivity index (χ1) is 7.30. The molecule has 1 aromatic heterocycles. The van der Waals surface area contributed by atoms with Crippen LogP contribution in [0.4, 0.5) is 4.39 Å². The van der Waals surface area contributed by atoms with Crippen molar-refractivity contribution in [3.8, 4) is 0 Å². The first-order valence-corrected chi connectivity index (χ1v) is 6.07. The average Bonchev–Trinajstić information content (AvgIpc) is 2.14. The van der Waals surface area contributed by atoms with Crippen LogP contribution >= 0.6 is 11.6 Å². The summed E-state index contributed by atoms with van der Waals surface area (Å²) in [6, 6.07) is 2.61. The molecule has 0 aliphatic carbocycles. The van der Waals surface area contributed by atoms with Crippen LogP contribution in [-0.4, -0.2) is 20.2 Å². The third-order valence-electron chi connectivity index (χ3n) is 1.65. The molecule has 88 valence electrons. The lowest BCUT2D eigenvalue weighted by atomic mass is 10.3. The summed E-state index contributed by atoms with van der Waals surface area (Å²) in [5.74, 6) is -0.654. The Morgan fingerprint density at radius 1 is 1.50 bits per heavy atom. The van der Waals surface area contributed by atoms with Crippen molar-refractivity contribution in [2.75, 3.05) is 0 Å². The Morgan fingerprint density at radius 3 is 2.62 bits per heavy atom. The van der Waals surface area contributed by atoms with E-state index in [1.807, 2.05) is 20.8 Å². The molecule has 1 unspecified atom stereocenters. The molecule has 3 nitrogen and oxygen atoms in total. The van der Waals surface area contributed by atoms with Crippen LogP contribution in [0.3, 0.4) is 0 Å². The van der Waals surface area contributed by atoms with Crippen LogP contribution in [0.2, 0.25) is 5.15 Å². The van der Waals surface area contributed by atoms with Gasteiger partial charge in [-0.05, 0) is 32.9 Å². The van der Waals surface area contributed by atoms with E-state index >= 15 is 0 Å². The maximum Gasteiger partial charge on any atom is 0.214 e. The predicted molar refractivity (Wildman–Crippen MR) is 64.7 cm³/mol. The van der Waals surface area contributed by atoms with Crippen LogP contribution in [0.15, 0.2) is 16.5 Å². The van der Waals surface area contributed by atoms with E-state index in [2.05, 4.69) is 9.38 Å². The maximum atomic E-state index is 12.6. The van der Waals surface area contributed by atoms with E-state index in [-0.39, 0.29) is 5.15 Å². The minimum absolute atomic E-state index is 0.00894. The Kier molecular flexibility index (Phi) is 4.15. The quantitative estimate of drug-likeness (QED) is 0.608. The summed E-state index contributed by atoms with van der Waals surface area (Å²) in [6.45, 7) is 5.43. The summed E-state index contributed by atoms with van der Waals surface area (Å²) in [5, 5.41) is 0.00894. The first kappa shape index (κ1) is 13.3. The monoisotopic (exact) mass is 262 g/mol. The topological polar surface area (TPSA) is 42.3 Å². The zero-order valence-electron chi connectivity index (χ0n) is 9.20. The molecule has 0 saturated carbocycles. The second-order valence-electron chi connectivity index (χ2n) is 4.11. The fourth-order valence-corrected chi connectivity index (χ4v) is 1.50. The molecule has 0 fully saturated rings. The van der Waals surface area contributed by atoms with Gasteiger partial charge in [0.2, 0.25) is 5.95 Å². The molecule has 1 aromatic rings. The van der Waals surface area contributed by atoms with Crippen molar-refractivity contribution in [3.63, 3.8) is 0 Å². The molecule has 1 heterocycles. The van der Waals surface area contributed by atoms with E-state index in [0.29, 0.717) is 5.56 Å². The minimum atomic E-state index is -1.36. The molecule has 0 aromatic carbocycles. The summed E-state index contributed by atoms with van der Waals surface area (Å²) in [5.41, 5.74) is 0.445. The van der Waals surface area contributed by atoms with Crippen molar-refractivity contribution < 1.29 is 8.60 Å². The number of rotatable bonds is 2. The third kappa shape index (κ3) is 3.64. The highest BCUT2D eigenvalue weighted by molar-refractivity contribution is 7.85. The molecule has 0 aliphatic rings. The number of halogens is 2. The maximum absolute atomic E-state index is 12.6. The number of hydrogen-bond donors (Lipinski definition) is 0. The molecule has 0 N–H and O–H groups in total. The minimum Gasteiger partial charge on any atom is -0.234 e. The SMILES string of the molecule is CC(C)(C)S(=O)N=Cc1ccc(F)nc1Cl. The van der Waals surface area contributed by atoms with Crippen molar-refractivity contribution >= 4 is 28.8 Å². The number of pyridine rings is 1. The first-order valence-electron chi connectivity index (χ1n) is 4.59. The Morgan fingerprint density at radius 2 is 2.12 bits per heavy atom. The lowest BCUT2D eigenvalue weighted by Crippen LogP contribution is -2.19. The smallest absolute Gasteiger partial charge is 0.214 e. The van der Waals surface area contributed by atoms with Crippen LogP contribution in [0, 0.1) is 5.95 Å². The lowest BCUT2D eigenvalue weighted by molar-refractivity contribution is 0.584. The van der Waals surface area contributed by atoms with Crippen LogP contribution in [-0.2, 0) is 11.0 Å². The van der Waals surface area contributed by atoms with Gasteiger partial charge in [0.1, 0.15) is 16.1 Å². The van der Waals surface area contributed by atoms with Crippen molar-refractivity contribution in [1.29, 1.82) is 0 Å². The second kappa shape index (κ2) is 5.01. The standard InChI is InChI=1S/C10H12ClFN2OS/c1-10(2,3)16(15)13-6-7-4-5-8(12)14-9(7)11/h4-6H,1-3H3. The van der Waals surface area contributed by atoms with Gasteiger partial charge in [-0.1, -0.05) is 11.6 Å². The van der Waals surface area contributed by atoms with Crippen molar-refractivity contribution in [3.05, 3.63) is 28.8 Å². The lowest BCUT2D eigenvalue weighted by Gasteiger charge is -2.12. The van der Waals surface area contributed by atoms with Gasteiger partial charge in [0.05, 0.1) is 4.75 Å². The van der Waals surface area contributed by atoms with E-state index < -0.39 is 21.7 Å². The third-order valence-corrected chi connectivity index (χ3v) is 3.30. The largest absolute Gasteiger partial charge is 0.234 e. The summed E-state index contributed by atoms with van der Waals surface area (Å²) >= 11 is 5.69. The second-order valence-corrected chi connectivity index (χ2v) is 6.40. The van der Waals surface area contributed by atoms with Gasteiger partial charge in [0, 0.05) is 11.8 Å². The van der Waals surface area contributed by atoms with Crippen LogP contribution in [0.1, 0.15) is 26.3 Å². The highest BCUT2D eigenvalue weighted by atomic mass is 35.5. The van der Waals surface area contributed by atoms with E-state index in [1.54, 1.807) is 0 Å². The molecule has 0 bridgehead atoms. The van der Waals surface area contributed by atoms with Gasteiger partial charge < -0.3 is 0 Å². The van der Waals surface area contributed by atoms with Crippen LogP contribution in [0.5, 0.6) is 0 Å². The van der Waals surface area contributed by atoms with E-state index in [0.717, 1.165) is 0 Å². The molecule has 0 saturated heterocycles. The van der Waals surface area contributed by atoms with E-state index in [1.165, 1.54) is 18.3 Å². The predicted octanol–water partition coefficient (Wildman–Crippen LogP) is 2.76. The molecule has 0 spiro atoms. The Bertz CT molecular complexity index is 443. The number of aromatic nitrogens is 1. The molecule has 1 rings (SSSR count). The highest BCUT2D eigenvalue weighted by Crippen LogP contribution is 2.14. The normalized spacial score (nSPS) is 14.3. The number of nitrogens with zero attached hydrogens (tertiary/aromatic N) is 2. The summed E-state index contributed by atoms with van der Waals surface area (Å²) in [4.78, 5) is 3.42. The molecule has 6 heteroatoms. The van der Waals surface area contributed by atoms with Gasteiger partial charge in [-0.15, -0.1) is 0 Å². The summed E-state index contributed by atoms with van der Waals surface area (Å²) in [7, 11) is -1.36. The van der Waals surface area contributed by atoms with Crippen LogP contribution < -0.4 is 0 Å². The fraction of sp³-hybridized carbons (Fsp3) is 0.400. The molecule has 1 atom stereocenters. The van der Waals surface area contributed by atoms with Crippen LogP contribution in [0.25, 0.3) is 0 Å². The van der Waals surface area contributed by atoms with E-state index in [4.69, 9.17) is 11.6 Å². The van der Waals surface area contributed by atoms with Gasteiger partial charge >= 0.3 is 0 Å². The Hall–Kier alpha value is -0.810. The molecule has 0 aliphatic heterocycles.